The number of nitrogens with two attached hydrogens (primary N) is 1. The van der Waals surface area contributed by atoms with Crippen LogP contribution in [0.5, 0.6) is 0 Å². The molecule has 2 rings (SSSR count). The van der Waals surface area contributed by atoms with E-state index in [-0.39, 0.29) is 11.9 Å². The molecule has 1 aliphatic heterocycles. The van der Waals surface area contributed by atoms with Gasteiger partial charge in [-0.2, -0.15) is 0 Å². The predicted octanol–water partition coefficient (Wildman–Crippen LogP) is 1.80. The van der Waals surface area contributed by atoms with Crippen molar-refractivity contribution in [2.75, 3.05) is 19.6 Å². The third-order valence-electron chi connectivity index (χ3n) is 4.85. The molecule has 1 aromatic rings. The van der Waals surface area contributed by atoms with Gasteiger partial charge in [-0.1, -0.05) is 26.3 Å². The minimum absolute atomic E-state index is 0.0759. The summed E-state index contributed by atoms with van der Waals surface area (Å²) in [7, 11) is 0. The Morgan fingerprint density at radius 3 is 2.70 bits per heavy atom. The summed E-state index contributed by atoms with van der Waals surface area (Å²) in [5.74, 6) is 0.545. The number of aromatic nitrogens is 1. The summed E-state index contributed by atoms with van der Waals surface area (Å²) >= 11 is 0. The lowest BCUT2D eigenvalue weighted by molar-refractivity contribution is -0.138. The largest absolute Gasteiger partial charge is 0.336 e. The molecule has 0 saturated carbocycles. The van der Waals surface area contributed by atoms with E-state index in [0.717, 1.165) is 38.3 Å². The zero-order valence-corrected chi connectivity index (χ0v) is 14.8. The van der Waals surface area contributed by atoms with Gasteiger partial charge in [0, 0.05) is 44.1 Å². The van der Waals surface area contributed by atoms with E-state index in [4.69, 9.17) is 5.73 Å². The number of hydrogen-bond donors (Lipinski definition) is 1. The Balaban J connectivity index is 2.06. The first kappa shape index (κ1) is 17.9. The molecule has 128 valence electrons. The van der Waals surface area contributed by atoms with E-state index < -0.39 is 6.04 Å². The van der Waals surface area contributed by atoms with E-state index in [9.17, 15) is 4.79 Å². The lowest BCUT2D eigenvalue weighted by Gasteiger charge is -2.44. The van der Waals surface area contributed by atoms with Crippen LogP contribution in [-0.4, -0.2) is 52.4 Å². The Labute approximate surface area is 139 Å². The van der Waals surface area contributed by atoms with Gasteiger partial charge >= 0.3 is 0 Å². The average molecular weight is 318 g/mol. The number of carbonyl (C=O) groups is 1. The second-order valence-electron chi connectivity index (χ2n) is 6.82. The van der Waals surface area contributed by atoms with Gasteiger partial charge < -0.3 is 10.6 Å². The topological polar surface area (TPSA) is 62.5 Å². The number of carbonyl (C=O) groups excluding carboxylic acids is 1. The molecule has 0 spiro atoms. The molecule has 1 saturated heterocycles. The second kappa shape index (κ2) is 7.88. The maximum Gasteiger partial charge on any atom is 0.239 e. The Bertz CT molecular complexity index is 514. The van der Waals surface area contributed by atoms with Gasteiger partial charge in [0.15, 0.2) is 0 Å². The molecule has 0 aromatic carbocycles. The van der Waals surface area contributed by atoms with Crippen LogP contribution in [0.1, 0.15) is 38.4 Å². The van der Waals surface area contributed by atoms with Gasteiger partial charge in [-0.15, -0.1) is 0 Å². The first-order valence-corrected chi connectivity index (χ1v) is 8.62. The standard InChI is InChI=1S/C18H30N4O/c1-5-13(2)17-12-21(8-9-22(17)18(23)15(4)19)11-16-7-6-14(3)20-10-16/h6-7,10,13,15,17H,5,8-9,11-12,19H2,1-4H3/t13-,15+,17-/m0/s1. The van der Waals surface area contributed by atoms with E-state index in [0.29, 0.717) is 5.92 Å². The molecule has 0 unspecified atom stereocenters. The molecule has 5 heteroatoms. The van der Waals surface area contributed by atoms with Gasteiger partial charge in [-0.05, 0) is 31.4 Å². The van der Waals surface area contributed by atoms with Crippen molar-refractivity contribution in [3.63, 3.8) is 0 Å². The summed E-state index contributed by atoms with van der Waals surface area (Å²) in [5.41, 5.74) is 8.10. The molecule has 0 radical (unpaired) electrons. The summed E-state index contributed by atoms with van der Waals surface area (Å²) < 4.78 is 0. The van der Waals surface area contributed by atoms with Crippen molar-refractivity contribution in [3.05, 3.63) is 29.6 Å². The minimum Gasteiger partial charge on any atom is -0.336 e. The predicted molar refractivity (Wildman–Crippen MR) is 92.9 cm³/mol. The zero-order chi connectivity index (χ0) is 17.0. The van der Waals surface area contributed by atoms with E-state index in [2.05, 4.69) is 35.9 Å². The minimum atomic E-state index is -0.422. The number of rotatable bonds is 5. The first-order valence-electron chi connectivity index (χ1n) is 8.62. The van der Waals surface area contributed by atoms with Crippen LogP contribution in [0.2, 0.25) is 0 Å². The van der Waals surface area contributed by atoms with Crippen molar-refractivity contribution < 1.29 is 4.79 Å². The number of amides is 1. The fourth-order valence-corrected chi connectivity index (χ4v) is 3.16. The fraction of sp³-hybridized carbons (Fsp3) is 0.667. The fourth-order valence-electron chi connectivity index (χ4n) is 3.16. The van der Waals surface area contributed by atoms with Crippen molar-refractivity contribution in [3.8, 4) is 0 Å². The van der Waals surface area contributed by atoms with Crippen molar-refractivity contribution in [1.82, 2.24) is 14.8 Å². The average Bonchev–Trinajstić information content (AvgIpc) is 2.55. The van der Waals surface area contributed by atoms with E-state index in [1.807, 2.05) is 18.0 Å². The number of hydrogen-bond acceptors (Lipinski definition) is 4. The van der Waals surface area contributed by atoms with Gasteiger partial charge in [0.05, 0.1) is 6.04 Å². The van der Waals surface area contributed by atoms with Gasteiger partial charge in [0.25, 0.3) is 0 Å². The Morgan fingerprint density at radius 2 is 2.13 bits per heavy atom. The maximum absolute atomic E-state index is 12.4. The highest BCUT2D eigenvalue weighted by Crippen LogP contribution is 2.22. The summed E-state index contributed by atoms with van der Waals surface area (Å²) in [6.07, 6.45) is 3.01. The molecule has 1 fully saturated rings. The van der Waals surface area contributed by atoms with Crippen LogP contribution in [-0.2, 0) is 11.3 Å². The molecular weight excluding hydrogens is 288 g/mol. The zero-order valence-electron chi connectivity index (χ0n) is 14.8. The highest BCUT2D eigenvalue weighted by molar-refractivity contribution is 5.81. The van der Waals surface area contributed by atoms with Crippen molar-refractivity contribution in [1.29, 1.82) is 0 Å². The molecule has 2 N–H and O–H groups in total. The molecule has 1 aliphatic rings. The third-order valence-corrected chi connectivity index (χ3v) is 4.85. The Kier molecular flexibility index (Phi) is 6.13. The second-order valence-corrected chi connectivity index (χ2v) is 6.82. The highest BCUT2D eigenvalue weighted by Gasteiger charge is 2.34. The van der Waals surface area contributed by atoms with Crippen LogP contribution in [0.3, 0.4) is 0 Å². The molecule has 1 aromatic heterocycles. The van der Waals surface area contributed by atoms with E-state index >= 15 is 0 Å². The Hall–Kier alpha value is -1.46. The van der Waals surface area contributed by atoms with Gasteiger partial charge in [0.2, 0.25) is 5.91 Å². The normalized spacial score (nSPS) is 22.0. The van der Waals surface area contributed by atoms with Crippen molar-refractivity contribution in [2.24, 2.45) is 11.7 Å². The lowest BCUT2D eigenvalue weighted by atomic mass is 9.94. The Morgan fingerprint density at radius 1 is 1.39 bits per heavy atom. The first-order chi connectivity index (χ1) is 10.9. The molecule has 5 nitrogen and oxygen atoms in total. The van der Waals surface area contributed by atoms with Crippen LogP contribution < -0.4 is 5.73 Å². The third kappa shape index (κ3) is 4.52. The van der Waals surface area contributed by atoms with Crippen LogP contribution in [0, 0.1) is 12.8 Å². The van der Waals surface area contributed by atoms with Crippen LogP contribution in [0.25, 0.3) is 0 Å². The molecule has 23 heavy (non-hydrogen) atoms. The number of nitrogens with zero attached hydrogens (tertiary/aromatic N) is 3. The van der Waals surface area contributed by atoms with Gasteiger partial charge in [0.1, 0.15) is 0 Å². The summed E-state index contributed by atoms with van der Waals surface area (Å²) in [5, 5.41) is 0. The molecule has 3 atom stereocenters. The summed E-state index contributed by atoms with van der Waals surface area (Å²) in [6, 6.07) is 4.01. The van der Waals surface area contributed by atoms with Gasteiger partial charge in [-0.25, -0.2) is 0 Å². The van der Waals surface area contributed by atoms with Gasteiger partial charge in [-0.3, -0.25) is 14.7 Å². The number of pyridine rings is 1. The smallest absolute Gasteiger partial charge is 0.239 e. The molecule has 2 heterocycles. The molecule has 1 amide bonds. The quantitative estimate of drug-likeness (QED) is 0.899. The van der Waals surface area contributed by atoms with Crippen molar-refractivity contribution in [2.45, 2.75) is 52.7 Å². The van der Waals surface area contributed by atoms with Crippen LogP contribution in [0.4, 0.5) is 0 Å². The monoisotopic (exact) mass is 318 g/mol. The molecule has 0 bridgehead atoms. The van der Waals surface area contributed by atoms with E-state index in [1.165, 1.54) is 5.56 Å². The molecular formula is C18H30N4O. The van der Waals surface area contributed by atoms with E-state index in [1.54, 1.807) is 6.92 Å². The SMILES string of the molecule is CC[C@H](C)[C@@H]1CN(Cc2ccc(C)nc2)CCN1C(=O)[C@@H](C)N. The van der Waals surface area contributed by atoms with Crippen LogP contribution in [0.15, 0.2) is 18.3 Å². The highest BCUT2D eigenvalue weighted by atomic mass is 16.2. The van der Waals surface area contributed by atoms with Crippen molar-refractivity contribution >= 4 is 5.91 Å². The number of piperazine rings is 1. The number of aryl methyl sites for hydroxylation is 1. The maximum atomic E-state index is 12.4. The molecule has 0 aliphatic carbocycles. The lowest BCUT2D eigenvalue weighted by Crippen LogP contribution is -2.59. The summed E-state index contributed by atoms with van der Waals surface area (Å²) in [4.78, 5) is 21.2. The van der Waals surface area contributed by atoms with Crippen LogP contribution >= 0.6 is 0 Å². The summed E-state index contributed by atoms with van der Waals surface area (Å²) in [6.45, 7) is 11.6.